The van der Waals surface area contributed by atoms with E-state index in [1.165, 1.54) is 12.8 Å². The number of nitrogens with two attached hydrogens (primary N) is 1. The van der Waals surface area contributed by atoms with E-state index in [9.17, 15) is 0 Å². The maximum atomic E-state index is 5.80. The summed E-state index contributed by atoms with van der Waals surface area (Å²) in [7, 11) is 4.65. The van der Waals surface area contributed by atoms with Crippen LogP contribution in [-0.4, -0.2) is 25.2 Å². The van der Waals surface area contributed by atoms with E-state index < -0.39 is 0 Å². The van der Waals surface area contributed by atoms with Crippen molar-refractivity contribution < 1.29 is 4.65 Å². The molecule has 1 saturated carbocycles. The molecule has 2 N–H and O–H groups in total. The lowest BCUT2D eigenvalue weighted by atomic mass is 9.69. The van der Waals surface area contributed by atoms with E-state index in [-0.39, 0.29) is 5.60 Å². The lowest BCUT2D eigenvalue weighted by molar-refractivity contribution is 0.00666. The molecule has 0 spiro atoms. The van der Waals surface area contributed by atoms with Crippen LogP contribution in [0.15, 0.2) is 0 Å². The molecule has 0 heterocycles. The maximum Gasteiger partial charge on any atom is 0.307 e. The van der Waals surface area contributed by atoms with Crippen molar-refractivity contribution in [2.45, 2.75) is 51.3 Å². The fourth-order valence-electron chi connectivity index (χ4n) is 2.39. The Kier molecular flexibility index (Phi) is 4.02. The molecule has 0 aromatic carbocycles. The molecular formula is C10H22BNOP. The predicted octanol–water partition coefficient (Wildman–Crippen LogP) is 1.75. The van der Waals surface area contributed by atoms with Crippen molar-refractivity contribution in [1.82, 2.24) is 0 Å². The van der Waals surface area contributed by atoms with Gasteiger partial charge in [-0.15, -0.1) is 9.24 Å². The summed E-state index contributed by atoms with van der Waals surface area (Å²) in [5, 5.41) is 0. The van der Waals surface area contributed by atoms with Gasteiger partial charge in [-0.1, -0.05) is 13.8 Å². The zero-order valence-electron chi connectivity index (χ0n) is 9.55. The molecule has 1 aliphatic carbocycles. The van der Waals surface area contributed by atoms with Crippen molar-refractivity contribution in [3.63, 3.8) is 0 Å². The van der Waals surface area contributed by atoms with Gasteiger partial charge in [0.15, 0.2) is 0 Å². The van der Waals surface area contributed by atoms with Gasteiger partial charge in [0, 0.05) is 5.66 Å². The van der Waals surface area contributed by atoms with E-state index >= 15 is 0 Å². The molecule has 0 aromatic heterocycles. The van der Waals surface area contributed by atoms with Gasteiger partial charge in [0.2, 0.25) is 0 Å². The third kappa shape index (κ3) is 2.95. The number of rotatable bonds is 3. The molecule has 0 amide bonds. The second-order valence-electron chi connectivity index (χ2n) is 5.32. The Hall–Kier alpha value is 0.415. The first kappa shape index (κ1) is 12.5. The molecule has 0 saturated heterocycles. The molecule has 0 aromatic rings. The highest BCUT2D eigenvalue weighted by atomic mass is 31.0. The fraction of sp³-hybridized carbons (Fsp3) is 1.00. The van der Waals surface area contributed by atoms with Crippen LogP contribution in [0.5, 0.6) is 0 Å². The van der Waals surface area contributed by atoms with Gasteiger partial charge in [-0.05, 0) is 38.0 Å². The lowest BCUT2D eigenvalue weighted by Gasteiger charge is -2.47. The Labute approximate surface area is 90.8 Å². The van der Waals surface area contributed by atoms with Crippen molar-refractivity contribution in [3.8, 4) is 0 Å². The van der Waals surface area contributed by atoms with Crippen molar-refractivity contribution in [3.05, 3.63) is 0 Å². The second kappa shape index (κ2) is 4.51. The molecule has 1 rings (SSSR count). The molecule has 2 nitrogen and oxygen atoms in total. The third-order valence-corrected chi connectivity index (χ3v) is 4.23. The molecule has 81 valence electrons. The lowest BCUT2D eigenvalue weighted by Crippen LogP contribution is -2.48. The first-order valence-electron chi connectivity index (χ1n) is 5.35. The van der Waals surface area contributed by atoms with E-state index in [1.807, 2.05) is 0 Å². The molecular weight excluding hydrogens is 192 g/mol. The van der Waals surface area contributed by atoms with Gasteiger partial charge in [-0.3, -0.25) is 0 Å². The Morgan fingerprint density at radius 3 is 2.71 bits per heavy atom. The van der Waals surface area contributed by atoms with Gasteiger partial charge in [0.25, 0.3) is 0 Å². The summed E-state index contributed by atoms with van der Waals surface area (Å²) in [5.41, 5.74) is 6.31. The van der Waals surface area contributed by atoms with Crippen molar-refractivity contribution in [2.24, 2.45) is 11.1 Å². The smallest absolute Gasteiger partial charge is 0.307 e. The SMILES string of the molecule is CC1(C)CCC(P)C(C)(O[B]CN)C1. The monoisotopic (exact) mass is 214 g/mol. The molecule has 3 atom stereocenters. The molecule has 0 aliphatic heterocycles. The summed E-state index contributed by atoms with van der Waals surface area (Å²) in [6.45, 7) is 6.82. The minimum Gasteiger partial charge on any atom is -0.433 e. The van der Waals surface area contributed by atoms with Gasteiger partial charge >= 0.3 is 7.48 Å². The second-order valence-corrected chi connectivity index (χ2v) is 6.12. The molecule has 0 bridgehead atoms. The fourth-order valence-corrected chi connectivity index (χ4v) is 2.75. The van der Waals surface area contributed by atoms with E-state index in [0.29, 0.717) is 17.5 Å². The van der Waals surface area contributed by atoms with Gasteiger partial charge in [-0.2, -0.15) is 0 Å². The van der Waals surface area contributed by atoms with Crippen LogP contribution < -0.4 is 5.73 Å². The Morgan fingerprint density at radius 1 is 1.50 bits per heavy atom. The summed E-state index contributed by atoms with van der Waals surface area (Å²) < 4.78 is 5.80. The van der Waals surface area contributed by atoms with Crippen LogP contribution in [0.25, 0.3) is 0 Å². The molecule has 1 aliphatic rings. The molecule has 1 radical (unpaired) electrons. The Morgan fingerprint density at radius 2 is 2.14 bits per heavy atom. The molecule has 14 heavy (non-hydrogen) atoms. The minimum absolute atomic E-state index is 0.0498. The third-order valence-electron chi connectivity index (χ3n) is 3.19. The Balaban J connectivity index is 2.62. The summed E-state index contributed by atoms with van der Waals surface area (Å²) in [6.07, 6.45) is 4.09. The summed E-state index contributed by atoms with van der Waals surface area (Å²) >= 11 is 0. The highest BCUT2D eigenvalue weighted by molar-refractivity contribution is 7.17. The van der Waals surface area contributed by atoms with Gasteiger partial charge in [0.05, 0.1) is 5.60 Å². The first-order valence-corrected chi connectivity index (χ1v) is 6.01. The normalized spacial score (nSPS) is 36.8. The van der Waals surface area contributed by atoms with E-state index in [0.717, 1.165) is 6.42 Å². The van der Waals surface area contributed by atoms with Gasteiger partial charge in [-0.25, -0.2) is 0 Å². The van der Waals surface area contributed by atoms with Crippen LogP contribution in [0.3, 0.4) is 0 Å². The van der Waals surface area contributed by atoms with Gasteiger partial charge < -0.3 is 10.4 Å². The van der Waals surface area contributed by atoms with E-state index in [4.69, 9.17) is 10.4 Å². The van der Waals surface area contributed by atoms with Crippen molar-refractivity contribution >= 4 is 16.7 Å². The van der Waals surface area contributed by atoms with Crippen LogP contribution >= 0.6 is 9.24 Å². The predicted molar refractivity (Wildman–Crippen MR) is 65.4 cm³/mol. The molecule has 3 unspecified atom stereocenters. The standard InChI is InChI=1S/C10H22BNOP/c1-9(2)5-4-8(14)10(3,6-9)13-11-7-12/h8H,4-7,12,14H2,1-3H3. The molecule has 1 fully saturated rings. The quantitative estimate of drug-likeness (QED) is 0.573. The summed E-state index contributed by atoms with van der Waals surface area (Å²) in [6, 6.07) is 0. The summed E-state index contributed by atoms with van der Waals surface area (Å²) in [4.78, 5) is 0. The van der Waals surface area contributed by atoms with Crippen LogP contribution in [0, 0.1) is 5.41 Å². The average Bonchev–Trinajstić information content (AvgIpc) is 2.08. The van der Waals surface area contributed by atoms with Crippen LogP contribution in [0.1, 0.15) is 40.0 Å². The average molecular weight is 214 g/mol. The maximum absolute atomic E-state index is 5.80. The van der Waals surface area contributed by atoms with E-state index in [1.54, 1.807) is 7.48 Å². The Bertz CT molecular complexity index is 201. The number of hydrogen-bond acceptors (Lipinski definition) is 2. The zero-order valence-corrected chi connectivity index (χ0v) is 10.7. The zero-order chi connectivity index (χ0) is 10.8. The highest BCUT2D eigenvalue weighted by Crippen LogP contribution is 2.45. The minimum atomic E-state index is -0.0498. The van der Waals surface area contributed by atoms with Crippen LogP contribution in [0.2, 0.25) is 0 Å². The van der Waals surface area contributed by atoms with Crippen molar-refractivity contribution in [1.29, 1.82) is 0 Å². The van der Waals surface area contributed by atoms with E-state index in [2.05, 4.69) is 30.0 Å². The largest absolute Gasteiger partial charge is 0.433 e. The van der Waals surface area contributed by atoms with Gasteiger partial charge in [0.1, 0.15) is 0 Å². The highest BCUT2D eigenvalue weighted by Gasteiger charge is 2.41. The topological polar surface area (TPSA) is 35.2 Å². The summed E-state index contributed by atoms with van der Waals surface area (Å²) in [5.74, 6) is 0. The number of hydrogen-bond donors (Lipinski definition) is 1. The van der Waals surface area contributed by atoms with Crippen LogP contribution in [0.4, 0.5) is 0 Å². The molecule has 4 heteroatoms. The van der Waals surface area contributed by atoms with Crippen molar-refractivity contribution in [2.75, 3.05) is 6.44 Å². The van der Waals surface area contributed by atoms with Crippen LogP contribution in [-0.2, 0) is 4.65 Å². The first-order chi connectivity index (χ1) is 6.40.